The molecule has 0 atom stereocenters. The molecule has 1 rings (SSSR count). The molecule has 0 unspecified atom stereocenters. The standard InChI is InChI=1S/C11H14N2O4/c1-8(14)9-6-12-11(13-7-9)17-5-3-4-10(15)16-2/h6-7H,3-5H2,1-2H3. The Morgan fingerprint density at radius 2 is 1.94 bits per heavy atom. The fraction of sp³-hybridized carbons (Fsp3) is 0.455. The van der Waals surface area contributed by atoms with Crippen LogP contribution in [0.15, 0.2) is 12.4 Å². The number of nitrogens with zero attached hydrogens (tertiary/aromatic N) is 2. The third-order valence-corrected chi connectivity index (χ3v) is 2.02. The lowest BCUT2D eigenvalue weighted by Gasteiger charge is -2.03. The summed E-state index contributed by atoms with van der Waals surface area (Å²) in [7, 11) is 1.34. The van der Waals surface area contributed by atoms with E-state index in [1.807, 2.05) is 0 Å². The summed E-state index contributed by atoms with van der Waals surface area (Å²) in [5, 5.41) is 0. The summed E-state index contributed by atoms with van der Waals surface area (Å²) < 4.78 is 9.68. The highest BCUT2D eigenvalue weighted by Crippen LogP contribution is 2.04. The summed E-state index contributed by atoms with van der Waals surface area (Å²) in [5.74, 6) is -0.372. The predicted molar refractivity (Wildman–Crippen MR) is 58.8 cm³/mol. The molecule has 0 bridgehead atoms. The zero-order valence-electron chi connectivity index (χ0n) is 9.80. The average molecular weight is 238 g/mol. The van der Waals surface area contributed by atoms with Crippen molar-refractivity contribution in [3.05, 3.63) is 18.0 Å². The summed E-state index contributed by atoms with van der Waals surface area (Å²) >= 11 is 0. The average Bonchev–Trinajstić information content (AvgIpc) is 2.34. The first kappa shape index (κ1) is 13.1. The lowest BCUT2D eigenvalue weighted by Crippen LogP contribution is -2.06. The summed E-state index contributed by atoms with van der Waals surface area (Å²) in [4.78, 5) is 29.5. The Hall–Kier alpha value is -1.98. The van der Waals surface area contributed by atoms with E-state index in [2.05, 4.69) is 14.7 Å². The van der Waals surface area contributed by atoms with Gasteiger partial charge in [-0.15, -0.1) is 0 Å². The molecular formula is C11H14N2O4. The molecule has 0 aromatic carbocycles. The van der Waals surface area contributed by atoms with Gasteiger partial charge in [-0.3, -0.25) is 9.59 Å². The number of carbonyl (C=O) groups excluding carboxylic acids is 2. The molecule has 0 aliphatic heterocycles. The van der Waals surface area contributed by atoms with Crippen LogP contribution in [0.1, 0.15) is 30.1 Å². The van der Waals surface area contributed by atoms with Gasteiger partial charge in [0.25, 0.3) is 0 Å². The maximum absolute atomic E-state index is 11.0. The third kappa shape index (κ3) is 4.58. The van der Waals surface area contributed by atoms with Crippen molar-refractivity contribution in [2.24, 2.45) is 0 Å². The van der Waals surface area contributed by atoms with Gasteiger partial charge in [-0.05, 0) is 13.3 Å². The van der Waals surface area contributed by atoms with Gasteiger partial charge in [-0.2, -0.15) is 0 Å². The van der Waals surface area contributed by atoms with E-state index in [0.717, 1.165) is 0 Å². The first-order valence-corrected chi connectivity index (χ1v) is 5.16. The first-order valence-electron chi connectivity index (χ1n) is 5.16. The van der Waals surface area contributed by atoms with Gasteiger partial charge in [0, 0.05) is 18.8 Å². The van der Waals surface area contributed by atoms with E-state index in [0.29, 0.717) is 25.0 Å². The van der Waals surface area contributed by atoms with Crippen LogP contribution in [-0.4, -0.2) is 35.4 Å². The van der Waals surface area contributed by atoms with Crippen LogP contribution in [0.4, 0.5) is 0 Å². The third-order valence-electron chi connectivity index (χ3n) is 2.02. The Morgan fingerprint density at radius 1 is 1.29 bits per heavy atom. The molecule has 6 nitrogen and oxygen atoms in total. The number of ketones is 1. The van der Waals surface area contributed by atoms with Crippen molar-refractivity contribution in [2.75, 3.05) is 13.7 Å². The number of hydrogen-bond acceptors (Lipinski definition) is 6. The van der Waals surface area contributed by atoms with E-state index < -0.39 is 0 Å². The Morgan fingerprint density at radius 3 is 2.47 bits per heavy atom. The second-order valence-electron chi connectivity index (χ2n) is 3.34. The highest BCUT2D eigenvalue weighted by Gasteiger charge is 2.03. The minimum absolute atomic E-state index is 0.0951. The molecular weight excluding hydrogens is 224 g/mol. The van der Waals surface area contributed by atoms with Crippen molar-refractivity contribution >= 4 is 11.8 Å². The molecule has 17 heavy (non-hydrogen) atoms. The maximum Gasteiger partial charge on any atom is 0.316 e. The zero-order valence-corrected chi connectivity index (χ0v) is 9.80. The molecule has 1 aromatic rings. The fourth-order valence-corrected chi connectivity index (χ4v) is 1.05. The molecule has 1 heterocycles. The van der Waals surface area contributed by atoms with Crippen LogP contribution in [0.5, 0.6) is 6.01 Å². The Balaban J connectivity index is 2.32. The molecule has 1 aromatic heterocycles. The van der Waals surface area contributed by atoms with Crippen LogP contribution in [0.2, 0.25) is 0 Å². The van der Waals surface area contributed by atoms with E-state index in [9.17, 15) is 9.59 Å². The van der Waals surface area contributed by atoms with Crippen molar-refractivity contribution in [3.63, 3.8) is 0 Å². The van der Waals surface area contributed by atoms with E-state index in [1.54, 1.807) is 0 Å². The van der Waals surface area contributed by atoms with E-state index in [1.165, 1.54) is 26.4 Å². The van der Waals surface area contributed by atoms with Crippen LogP contribution in [0, 0.1) is 0 Å². The highest BCUT2D eigenvalue weighted by molar-refractivity contribution is 5.93. The fourth-order valence-electron chi connectivity index (χ4n) is 1.05. The molecule has 0 spiro atoms. The van der Waals surface area contributed by atoms with Gasteiger partial charge in [0.15, 0.2) is 5.78 Å². The molecule has 6 heteroatoms. The molecule has 0 N–H and O–H groups in total. The number of hydrogen-bond donors (Lipinski definition) is 0. The normalized spacial score (nSPS) is 9.76. The van der Waals surface area contributed by atoms with Crippen LogP contribution >= 0.6 is 0 Å². The highest BCUT2D eigenvalue weighted by atomic mass is 16.5. The molecule has 0 radical (unpaired) electrons. The van der Waals surface area contributed by atoms with E-state index in [-0.39, 0.29) is 17.8 Å². The van der Waals surface area contributed by atoms with Gasteiger partial charge in [-0.25, -0.2) is 9.97 Å². The Kier molecular flexibility index (Phi) is 5.06. The molecule has 0 amide bonds. The Labute approximate surface area is 99.0 Å². The Bertz CT molecular complexity index is 389. The number of ether oxygens (including phenoxy) is 2. The van der Waals surface area contributed by atoms with E-state index in [4.69, 9.17) is 4.74 Å². The number of esters is 1. The molecule has 0 aliphatic carbocycles. The number of rotatable bonds is 6. The minimum Gasteiger partial charge on any atom is -0.469 e. The maximum atomic E-state index is 11.0. The monoisotopic (exact) mass is 238 g/mol. The summed E-state index contributed by atoms with van der Waals surface area (Å²) in [6.45, 7) is 1.77. The first-order chi connectivity index (χ1) is 8.13. The van der Waals surface area contributed by atoms with Crippen LogP contribution in [-0.2, 0) is 9.53 Å². The molecule has 0 saturated carbocycles. The summed E-state index contributed by atoms with van der Waals surface area (Å²) in [6, 6.07) is 0.194. The predicted octanol–water partition coefficient (Wildman–Crippen LogP) is 1.01. The summed E-state index contributed by atoms with van der Waals surface area (Å²) in [5.41, 5.74) is 0.437. The minimum atomic E-state index is -0.276. The van der Waals surface area contributed by atoms with Crippen molar-refractivity contribution in [3.8, 4) is 6.01 Å². The summed E-state index contributed by atoms with van der Waals surface area (Å²) in [6.07, 6.45) is 3.64. The van der Waals surface area contributed by atoms with E-state index >= 15 is 0 Å². The van der Waals surface area contributed by atoms with Crippen molar-refractivity contribution in [2.45, 2.75) is 19.8 Å². The number of carbonyl (C=O) groups is 2. The lowest BCUT2D eigenvalue weighted by atomic mass is 10.2. The lowest BCUT2D eigenvalue weighted by molar-refractivity contribution is -0.140. The van der Waals surface area contributed by atoms with Crippen LogP contribution in [0.3, 0.4) is 0 Å². The van der Waals surface area contributed by atoms with Crippen molar-refractivity contribution in [1.29, 1.82) is 0 Å². The molecule has 0 aliphatic rings. The van der Waals surface area contributed by atoms with Gasteiger partial charge < -0.3 is 9.47 Å². The van der Waals surface area contributed by atoms with Crippen molar-refractivity contribution in [1.82, 2.24) is 9.97 Å². The molecule has 0 fully saturated rings. The van der Waals surface area contributed by atoms with Crippen LogP contribution in [0.25, 0.3) is 0 Å². The van der Waals surface area contributed by atoms with Gasteiger partial charge in [0.05, 0.1) is 19.3 Å². The van der Waals surface area contributed by atoms with Crippen molar-refractivity contribution < 1.29 is 19.1 Å². The molecule has 0 saturated heterocycles. The second kappa shape index (κ2) is 6.57. The largest absolute Gasteiger partial charge is 0.469 e. The quantitative estimate of drug-likeness (QED) is 0.418. The van der Waals surface area contributed by atoms with Gasteiger partial charge in [-0.1, -0.05) is 0 Å². The second-order valence-corrected chi connectivity index (χ2v) is 3.34. The SMILES string of the molecule is COC(=O)CCCOc1ncc(C(C)=O)cn1. The number of aromatic nitrogens is 2. The topological polar surface area (TPSA) is 78.4 Å². The van der Waals surface area contributed by atoms with Gasteiger partial charge in [0.1, 0.15) is 0 Å². The molecule has 92 valence electrons. The van der Waals surface area contributed by atoms with Crippen LogP contribution < -0.4 is 4.74 Å². The number of Topliss-reactive ketones (excluding diaryl/α,β-unsaturated/α-hetero) is 1. The smallest absolute Gasteiger partial charge is 0.316 e. The zero-order chi connectivity index (χ0) is 12.7. The van der Waals surface area contributed by atoms with Gasteiger partial charge >= 0.3 is 12.0 Å². The number of methoxy groups -OCH3 is 1. The van der Waals surface area contributed by atoms with Gasteiger partial charge in [0.2, 0.25) is 0 Å².